The largest absolute Gasteiger partial charge is 0.127 e. The minimum atomic E-state index is 0.0147. The van der Waals surface area contributed by atoms with Gasteiger partial charge in [0.1, 0.15) is 0 Å². The Kier molecular flexibility index (Phi) is 6.46. The Bertz CT molecular complexity index is 89.6. The summed E-state index contributed by atoms with van der Waals surface area (Å²) in [5, 5.41) is 0. The Morgan fingerprint density at radius 2 is 1.82 bits per heavy atom. The highest BCUT2D eigenvalue weighted by atomic mass is 35.5. The molecule has 0 nitrogen and oxygen atoms in total. The zero-order valence-electron chi connectivity index (χ0n) is 7.50. The van der Waals surface area contributed by atoms with Gasteiger partial charge in [0, 0.05) is 10.8 Å². The highest BCUT2D eigenvalue weighted by Gasteiger charge is 2.18. The van der Waals surface area contributed by atoms with Crippen LogP contribution in [-0.4, -0.2) is 10.8 Å². The standard InChI is InChI=1S/C9H18Cl2/c1-3-6-9(2,11)7-4-5-8-10/h3-8H2,1-2H3. The lowest BCUT2D eigenvalue weighted by Crippen LogP contribution is -2.15. The summed E-state index contributed by atoms with van der Waals surface area (Å²) in [5.41, 5.74) is 0. The lowest BCUT2D eigenvalue weighted by Gasteiger charge is -2.20. The first-order valence-electron chi connectivity index (χ1n) is 4.37. The first-order valence-corrected chi connectivity index (χ1v) is 5.28. The Balaban J connectivity index is 3.38. The molecule has 0 amide bonds. The Morgan fingerprint density at radius 1 is 1.18 bits per heavy atom. The van der Waals surface area contributed by atoms with E-state index < -0.39 is 0 Å². The average Bonchev–Trinajstić information content (AvgIpc) is 1.87. The van der Waals surface area contributed by atoms with Crippen LogP contribution < -0.4 is 0 Å². The van der Waals surface area contributed by atoms with Gasteiger partial charge >= 0.3 is 0 Å². The van der Waals surface area contributed by atoms with Gasteiger partial charge in [0.05, 0.1) is 0 Å². The molecular formula is C9H18Cl2. The van der Waals surface area contributed by atoms with Crippen molar-refractivity contribution < 1.29 is 0 Å². The van der Waals surface area contributed by atoms with Crippen molar-refractivity contribution in [2.24, 2.45) is 0 Å². The lowest BCUT2D eigenvalue weighted by atomic mass is 9.98. The number of hydrogen-bond acceptors (Lipinski definition) is 0. The van der Waals surface area contributed by atoms with Crippen molar-refractivity contribution in [1.29, 1.82) is 0 Å². The van der Waals surface area contributed by atoms with E-state index in [4.69, 9.17) is 23.2 Å². The molecule has 0 saturated heterocycles. The van der Waals surface area contributed by atoms with Crippen molar-refractivity contribution in [3.05, 3.63) is 0 Å². The van der Waals surface area contributed by atoms with Crippen LogP contribution in [0, 0.1) is 0 Å². The molecule has 0 N–H and O–H groups in total. The average molecular weight is 197 g/mol. The van der Waals surface area contributed by atoms with Crippen molar-refractivity contribution in [3.63, 3.8) is 0 Å². The molecule has 0 fully saturated rings. The predicted octanol–water partition coefficient (Wildman–Crippen LogP) is 4.19. The lowest BCUT2D eigenvalue weighted by molar-refractivity contribution is 0.502. The van der Waals surface area contributed by atoms with Gasteiger partial charge in [0.25, 0.3) is 0 Å². The van der Waals surface area contributed by atoms with Gasteiger partial charge in [-0.15, -0.1) is 23.2 Å². The number of halogens is 2. The Hall–Kier alpha value is 0.580. The van der Waals surface area contributed by atoms with E-state index >= 15 is 0 Å². The third-order valence-electron chi connectivity index (χ3n) is 1.85. The van der Waals surface area contributed by atoms with Crippen molar-refractivity contribution in [2.45, 2.75) is 50.8 Å². The molecule has 0 heterocycles. The van der Waals surface area contributed by atoms with E-state index in [1.54, 1.807) is 0 Å². The number of alkyl halides is 2. The predicted molar refractivity (Wildman–Crippen MR) is 53.7 cm³/mol. The van der Waals surface area contributed by atoms with Gasteiger partial charge in [0.2, 0.25) is 0 Å². The molecule has 2 heteroatoms. The molecule has 1 atom stereocenters. The van der Waals surface area contributed by atoms with Crippen LogP contribution in [0.1, 0.15) is 46.0 Å². The highest BCUT2D eigenvalue weighted by molar-refractivity contribution is 6.23. The summed E-state index contributed by atoms with van der Waals surface area (Å²) in [7, 11) is 0. The first-order chi connectivity index (χ1) is 5.12. The normalized spacial score (nSPS) is 16.4. The second-order valence-electron chi connectivity index (χ2n) is 3.31. The third-order valence-corrected chi connectivity index (χ3v) is 2.50. The minimum absolute atomic E-state index is 0.0147. The SMILES string of the molecule is CCCC(C)(Cl)CCCCCl. The van der Waals surface area contributed by atoms with Crippen molar-refractivity contribution in [1.82, 2.24) is 0 Å². The molecule has 68 valence electrons. The summed E-state index contributed by atoms with van der Waals surface area (Å²) in [6.45, 7) is 4.29. The van der Waals surface area contributed by atoms with E-state index in [9.17, 15) is 0 Å². The van der Waals surface area contributed by atoms with E-state index in [1.807, 2.05) is 0 Å². The Labute approximate surface area is 80.3 Å². The molecule has 0 aliphatic rings. The van der Waals surface area contributed by atoms with Crippen LogP contribution >= 0.6 is 23.2 Å². The van der Waals surface area contributed by atoms with E-state index in [0.717, 1.165) is 31.6 Å². The maximum Gasteiger partial charge on any atom is 0.0418 e. The molecule has 0 aromatic heterocycles. The fraction of sp³-hybridized carbons (Fsp3) is 1.00. The van der Waals surface area contributed by atoms with E-state index in [2.05, 4.69) is 13.8 Å². The summed E-state index contributed by atoms with van der Waals surface area (Å²) in [4.78, 5) is 0.0147. The zero-order chi connectivity index (χ0) is 8.74. The van der Waals surface area contributed by atoms with Crippen LogP contribution in [-0.2, 0) is 0 Å². The van der Waals surface area contributed by atoms with E-state index in [0.29, 0.717) is 0 Å². The molecule has 0 radical (unpaired) electrons. The Morgan fingerprint density at radius 3 is 2.27 bits per heavy atom. The summed E-state index contributed by atoms with van der Waals surface area (Å²) >= 11 is 11.8. The summed E-state index contributed by atoms with van der Waals surface area (Å²) < 4.78 is 0. The fourth-order valence-corrected chi connectivity index (χ4v) is 1.75. The van der Waals surface area contributed by atoms with Crippen LogP contribution in [0.25, 0.3) is 0 Å². The number of rotatable bonds is 6. The molecule has 0 saturated carbocycles. The quantitative estimate of drug-likeness (QED) is 0.442. The highest BCUT2D eigenvalue weighted by Crippen LogP contribution is 2.27. The van der Waals surface area contributed by atoms with Crippen molar-refractivity contribution in [2.75, 3.05) is 5.88 Å². The maximum absolute atomic E-state index is 6.23. The van der Waals surface area contributed by atoms with Crippen LogP contribution in [0.2, 0.25) is 0 Å². The molecule has 0 spiro atoms. The molecule has 0 bridgehead atoms. The molecular weight excluding hydrogens is 179 g/mol. The van der Waals surface area contributed by atoms with Crippen LogP contribution in [0.3, 0.4) is 0 Å². The van der Waals surface area contributed by atoms with E-state index in [1.165, 1.54) is 6.42 Å². The van der Waals surface area contributed by atoms with Crippen molar-refractivity contribution >= 4 is 23.2 Å². The van der Waals surface area contributed by atoms with Crippen molar-refractivity contribution in [3.8, 4) is 0 Å². The third kappa shape index (κ3) is 6.96. The van der Waals surface area contributed by atoms with E-state index in [-0.39, 0.29) is 4.87 Å². The summed E-state index contributed by atoms with van der Waals surface area (Å²) in [6.07, 6.45) is 5.61. The second-order valence-corrected chi connectivity index (χ2v) is 4.60. The zero-order valence-corrected chi connectivity index (χ0v) is 9.01. The van der Waals surface area contributed by atoms with Crippen LogP contribution in [0.5, 0.6) is 0 Å². The smallest absolute Gasteiger partial charge is 0.0418 e. The summed E-state index contributed by atoms with van der Waals surface area (Å²) in [6, 6.07) is 0. The molecule has 0 aliphatic carbocycles. The van der Waals surface area contributed by atoms with Gasteiger partial charge in [-0.1, -0.05) is 19.8 Å². The summed E-state index contributed by atoms with van der Waals surface area (Å²) in [5.74, 6) is 0.763. The van der Waals surface area contributed by atoms with Gasteiger partial charge < -0.3 is 0 Å². The monoisotopic (exact) mass is 196 g/mol. The maximum atomic E-state index is 6.23. The molecule has 0 aromatic rings. The van der Waals surface area contributed by atoms with Crippen LogP contribution in [0.15, 0.2) is 0 Å². The first kappa shape index (κ1) is 11.6. The topological polar surface area (TPSA) is 0 Å². The minimum Gasteiger partial charge on any atom is -0.127 e. The molecule has 0 aliphatic heterocycles. The van der Waals surface area contributed by atoms with Gasteiger partial charge in [-0.2, -0.15) is 0 Å². The van der Waals surface area contributed by atoms with Crippen LogP contribution in [0.4, 0.5) is 0 Å². The second kappa shape index (κ2) is 6.14. The number of hydrogen-bond donors (Lipinski definition) is 0. The molecule has 1 unspecified atom stereocenters. The van der Waals surface area contributed by atoms with Gasteiger partial charge in [-0.05, 0) is 26.2 Å². The van der Waals surface area contributed by atoms with Gasteiger partial charge in [0.15, 0.2) is 0 Å². The fourth-order valence-electron chi connectivity index (χ4n) is 1.23. The van der Waals surface area contributed by atoms with Gasteiger partial charge in [-0.25, -0.2) is 0 Å². The molecule has 0 aromatic carbocycles. The molecule has 0 rings (SSSR count). The molecule has 11 heavy (non-hydrogen) atoms. The van der Waals surface area contributed by atoms with Gasteiger partial charge in [-0.3, -0.25) is 0 Å². The number of unbranched alkanes of at least 4 members (excludes halogenated alkanes) is 1.